The van der Waals surface area contributed by atoms with Crippen molar-refractivity contribution < 1.29 is 9.59 Å². The molecule has 0 aliphatic rings. The van der Waals surface area contributed by atoms with E-state index in [2.05, 4.69) is 5.32 Å². The van der Waals surface area contributed by atoms with Crippen LogP contribution in [0, 0.1) is 6.92 Å². The molecule has 0 saturated heterocycles. The Bertz CT molecular complexity index is 848. The highest BCUT2D eigenvalue weighted by atomic mass is 35.5. The van der Waals surface area contributed by atoms with Gasteiger partial charge in [-0.15, -0.1) is 0 Å². The molecule has 2 aromatic carbocycles. The molecule has 0 bridgehead atoms. The summed E-state index contributed by atoms with van der Waals surface area (Å²) < 4.78 is 0. The van der Waals surface area contributed by atoms with E-state index in [4.69, 9.17) is 23.2 Å². The minimum atomic E-state index is -0.575. The Hall–Kier alpha value is -2.04. The van der Waals surface area contributed by atoms with Crippen molar-refractivity contribution in [3.63, 3.8) is 0 Å². The molecule has 2 rings (SSSR count). The molecule has 0 aromatic heterocycles. The topological polar surface area (TPSA) is 49.4 Å². The van der Waals surface area contributed by atoms with Crippen molar-refractivity contribution in [2.24, 2.45) is 0 Å². The minimum Gasteiger partial charge on any atom is -0.352 e. The predicted molar refractivity (Wildman–Crippen MR) is 124 cm³/mol. The monoisotopic (exact) mass is 448 g/mol. The quantitative estimate of drug-likeness (QED) is 0.545. The third-order valence-corrected chi connectivity index (χ3v) is 5.96. The van der Waals surface area contributed by atoms with Crippen molar-refractivity contribution >= 4 is 35.0 Å². The van der Waals surface area contributed by atoms with Crippen LogP contribution in [-0.4, -0.2) is 28.8 Å². The Balaban J connectivity index is 2.34. The maximum Gasteiger partial charge on any atom is 0.243 e. The van der Waals surface area contributed by atoms with Crippen LogP contribution in [0.2, 0.25) is 10.0 Å². The van der Waals surface area contributed by atoms with Crippen LogP contribution >= 0.6 is 23.2 Å². The third kappa shape index (κ3) is 6.48. The summed E-state index contributed by atoms with van der Waals surface area (Å²) in [7, 11) is 0. The normalized spacial score (nSPS) is 12.9. The first kappa shape index (κ1) is 24.2. The lowest BCUT2D eigenvalue weighted by Gasteiger charge is -2.31. The number of carbonyl (C=O) groups excluding carboxylic acids is 2. The van der Waals surface area contributed by atoms with Crippen LogP contribution < -0.4 is 5.32 Å². The molecule has 6 heteroatoms. The van der Waals surface area contributed by atoms with Gasteiger partial charge in [-0.25, -0.2) is 0 Å². The first-order valence-electron chi connectivity index (χ1n) is 10.3. The van der Waals surface area contributed by atoms with Crippen molar-refractivity contribution in [1.82, 2.24) is 10.2 Å². The third-order valence-electron chi connectivity index (χ3n) is 5.25. The zero-order valence-corrected chi connectivity index (χ0v) is 19.6. The molecule has 1 N–H and O–H groups in total. The second-order valence-electron chi connectivity index (χ2n) is 7.63. The molecule has 2 amide bonds. The molecular weight excluding hydrogens is 419 g/mol. The number of hydrogen-bond acceptors (Lipinski definition) is 2. The highest BCUT2D eigenvalue weighted by molar-refractivity contribution is 6.36. The lowest BCUT2D eigenvalue weighted by Crippen LogP contribution is -2.51. The summed E-state index contributed by atoms with van der Waals surface area (Å²) in [5.74, 6) is -0.325. The molecule has 30 heavy (non-hydrogen) atoms. The second-order valence-corrected chi connectivity index (χ2v) is 8.44. The number of aryl methyl sites for hydroxylation is 1. The number of amides is 2. The van der Waals surface area contributed by atoms with Crippen molar-refractivity contribution in [1.29, 1.82) is 0 Å². The Labute approximate surface area is 189 Å². The van der Waals surface area contributed by atoms with E-state index in [1.807, 2.05) is 52.0 Å². The fourth-order valence-corrected chi connectivity index (χ4v) is 3.74. The second kappa shape index (κ2) is 11.4. The summed E-state index contributed by atoms with van der Waals surface area (Å²) in [6, 6.07) is 12.6. The molecule has 0 heterocycles. The van der Waals surface area contributed by atoms with Crippen LogP contribution in [0.5, 0.6) is 0 Å². The van der Waals surface area contributed by atoms with Gasteiger partial charge < -0.3 is 10.2 Å². The van der Waals surface area contributed by atoms with E-state index in [1.165, 1.54) is 0 Å². The van der Waals surface area contributed by atoms with Crippen LogP contribution in [0.15, 0.2) is 42.5 Å². The predicted octanol–water partition coefficient (Wildman–Crippen LogP) is 5.57. The summed E-state index contributed by atoms with van der Waals surface area (Å²) >= 11 is 12.6. The number of nitrogens with zero attached hydrogens (tertiary/aromatic N) is 1. The van der Waals surface area contributed by atoms with Gasteiger partial charge >= 0.3 is 0 Å². The molecule has 0 aliphatic heterocycles. The molecule has 0 aliphatic carbocycles. The number of benzene rings is 2. The van der Waals surface area contributed by atoms with Gasteiger partial charge in [0.1, 0.15) is 6.04 Å². The maximum absolute atomic E-state index is 13.4. The highest BCUT2D eigenvalue weighted by Crippen LogP contribution is 2.26. The van der Waals surface area contributed by atoms with Crippen LogP contribution in [-0.2, 0) is 22.6 Å². The Morgan fingerprint density at radius 2 is 1.60 bits per heavy atom. The zero-order valence-electron chi connectivity index (χ0n) is 18.0. The van der Waals surface area contributed by atoms with Crippen molar-refractivity contribution in [3.8, 4) is 0 Å². The van der Waals surface area contributed by atoms with Crippen LogP contribution in [0.25, 0.3) is 0 Å². The van der Waals surface area contributed by atoms with Crippen LogP contribution in [0.4, 0.5) is 0 Å². The van der Waals surface area contributed by atoms with Gasteiger partial charge in [-0.05, 0) is 49.9 Å². The summed E-state index contributed by atoms with van der Waals surface area (Å²) in [4.78, 5) is 28.0. The Kier molecular flexibility index (Phi) is 9.19. The molecule has 162 valence electrons. The van der Waals surface area contributed by atoms with E-state index in [1.54, 1.807) is 23.1 Å². The molecule has 0 spiro atoms. The zero-order chi connectivity index (χ0) is 22.3. The smallest absolute Gasteiger partial charge is 0.243 e. The number of nitrogens with one attached hydrogen (secondary N) is 1. The molecule has 2 atom stereocenters. The van der Waals surface area contributed by atoms with E-state index in [0.717, 1.165) is 17.5 Å². The minimum absolute atomic E-state index is 0.0392. The van der Waals surface area contributed by atoms with Gasteiger partial charge in [0.2, 0.25) is 11.8 Å². The molecule has 0 radical (unpaired) electrons. The van der Waals surface area contributed by atoms with Gasteiger partial charge in [0.15, 0.2) is 0 Å². The molecular formula is C24H30Cl2N2O2. The van der Waals surface area contributed by atoms with Crippen LogP contribution in [0.1, 0.15) is 50.3 Å². The molecule has 4 nitrogen and oxygen atoms in total. The molecule has 0 saturated carbocycles. The summed E-state index contributed by atoms with van der Waals surface area (Å²) in [5.41, 5.74) is 2.69. The van der Waals surface area contributed by atoms with Crippen LogP contribution in [0.3, 0.4) is 0 Å². The summed E-state index contributed by atoms with van der Waals surface area (Å²) in [5, 5.41) is 3.91. The summed E-state index contributed by atoms with van der Waals surface area (Å²) in [6.07, 6.45) is 1.37. The van der Waals surface area contributed by atoms with E-state index >= 15 is 0 Å². The van der Waals surface area contributed by atoms with Gasteiger partial charge in [0.05, 0.1) is 6.42 Å². The van der Waals surface area contributed by atoms with E-state index < -0.39 is 6.04 Å². The van der Waals surface area contributed by atoms with Crippen molar-refractivity contribution in [2.45, 2.75) is 65.6 Å². The maximum atomic E-state index is 13.4. The number of hydrogen-bond donors (Lipinski definition) is 1. The van der Waals surface area contributed by atoms with Gasteiger partial charge in [-0.1, -0.05) is 72.9 Å². The summed E-state index contributed by atoms with van der Waals surface area (Å²) in [6.45, 7) is 8.24. The SMILES string of the molecule is CC[C@H](C)NC(=O)[C@H](CC)N(Cc1ccc(C)cc1)C(=O)Cc1c(Cl)cccc1Cl. The fraction of sp³-hybridized carbons (Fsp3) is 0.417. The largest absolute Gasteiger partial charge is 0.352 e. The number of carbonyl (C=O) groups is 2. The van der Waals surface area contributed by atoms with Gasteiger partial charge in [-0.2, -0.15) is 0 Å². The average molecular weight is 449 g/mol. The number of halogens is 2. The van der Waals surface area contributed by atoms with Crippen molar-refractivity contribution in [3.05, 3.63) is 69.2 Å². The lowest BCUT2D eigenvalue weighted by atomic mass is 10.1. The first-order valence-corrected chi connectivity index (χ1v) is 11.1. The fourth-order valence-electron chi connectivity index (χ4n) is 3.20. The van der Waals surface area contributed by atoms with E-state index in [9.17, 15) is 9.59 Å². The first-order chi connectivity index (χ1) is 14.3. The standard InChI is InChI=1S/C24H30Cl2N2O2/c1-5-17(4)27-24(30)22(6-2)28(15-18-12-10-16(3)11-13-18)23(29)14-19-20(25)8-7-9-21(19)26/h7-13,17,22H,5-6,14-15H2,1-4H3,(H,27,30)/t17-,22-/m0/s1. The van der Waals surface area contributed by atoms with E-state index in [-0.39, 0.29) is 24.3 Å². The van der Waals surface area contributed by atoms with Crippen molar-refractivity contribution in [2.75, 3.05) is 0 Å². The van der Waals surface area contributed by atoms with Gasteiger partial charge in [0.25, 0.3) is 0 Å². The Morgan fingerprint density at radius 3 is 2.13 bits per heavy atom. The highest BCUT2D eigenvalue weighted by Gasteiger charge is 2.29. The molecule has 2 aromatic rings. The van der Waals surface area contributed by atoms with Gasteiger partial charge in [0, 0.05) is 22.6 Å². The lowest BCUT2D eigenvalue weighted by molar-refractivity contribution is -0.141. The Morgan fingerprint density at radius 1 is 1.00 bits per heavy atom. The molecule has 0 unspecified atom stereocenters. The molecule has 0 fully saturated rings. The number of rotatable bonds is 9. The van der Waals surface area contributed by atoms with E-state index in [0.29, 0.717) is 28.6 Å². The average Bonchev–Trinajstić information content (AvgIpc) is 2.71. The van der Waals surface area contributed by atoms with Gasteiger partial charge in [-0.3, -0.25) is 9.59 Å².